The van der Waals surface area contributed by atoms with Gasteiger partial charge in [0.15, 0.2) is 5.82 Å². The lowest BCUT2D eigenvalue weighted by molar-refractivity contribution is -0.120. The fourth-order valence-electron chi connectivity index (χ4n) is 6.27. The summed E-state index contributed by atoms with van der Waals surface area (Å²) >= 11 is 7.54. The number of likely N-dealkylation sites (tertiary alicyclic amines) is 2. The third-order valence-corrected chi connectivity index (χ3v) is 10.8. The third kappa shape index (κ3) is 10.7. The lowest BCUT2D eigenvalue weighted by atomic mass is 9.94. The first-order valence-corrected chi connectivity index (χ1v) is 19.0. The number of amides is 1. The number of amidine groups is 1. The Balaban J connectivity index is 0.000000355. The Morgan fingerprint density at radius 3 is 2.31 bits per heavy atom. The molecule has 7 N–H and O–H groups in total. The van der Waals surface area contributed by atoms with E-state index < -0.39 is 11.6 Å². The lowest BCUT2D eigenvalue weighted by Gasteiger charge is -2.26. The molecule has 7 rings (SSSR count). The summed E-state index contributed by atoms with van der Waals surface area (Å²) in [6.07, 6.45) is 8.22. The largest absolute Gasteiger partial charge is 0.469 e. The Kier molecular flexibility index (Phi) is 15.9. The van der Waals surface area contributed by atoms with Crippen LogP contribution in [-0.2, 0) is 20.7 Å². The SMILES string of the molecule is C1COC1.CC1CN1.CN1CCCC1.COC(N)=Nc1c(CC[C@@H]2CC[C@@H](CCN)N2C=O)cc(Cl)c(-c2ccc(F)c3sc(N)c(C#N)c23)c1F. The maximum absolute atomic E-state index is 16.3. The maximum Gasteiger partial charge on any atom is 0.287 e. The van der Waals surface area contributed by atoms with Gasteiger partial charge in [0.05, 0.1) is 22.4 Å². The normalized spacial score (nSPS) is 20.8. The second-order valence-corrected chi connectivity index (χ2v) is 14.8. The number of methoxy groups -OCH3 is 1. The van der Waals surface area contributed by atoms with Crippen molar-refractivity contribution in [3.05, 3.63) is 46.0 Å². The topological polar surface area (TPSA) is 178 Å². The average Bonchev–Trinajstić information content (AvgIpc) is 3.41. The molecule has 284 valence electrons. The highest BCUT2D eigenvalue weighted by Gasteiger charge is 2.32. The van der Waals surface area contributed by atoms with Gasteiger partial charge in [-0.1, -0.05) is 17.7 Å². The molecule has 11 nitrogen and oxygen atoms in total. The molecule has 2 aromatic carbocycles. The molecule has 3 aromatic rings. The zero-order valence-corrected chi connectivity index (χ0v) is 31.8. The van der Waals surface area contributed by atoms with E-state index in [-0.39, 0.29) is 60.6 Å². The molecule has 1 amide bonds. The molecule has 4 aliphatic heterocycles. The highest BCUT2D eigenvalue weighted by atomic mass is 35.5. The molecular formula is C37H51ClF2N8O3S. The van der Waals surface area contributed by atoms with Crippen LogP contribution in [-0.4, -0.2) is 93.9 Å². The van der Waals surface area contributed by atoms with Crippen LogP contribution in [0.2, 0.25) is 5.02 Å². The molecule has 5 heterocycles. The molecule has 0 bridgehead atoms. The summed E-state index contributed by atoms with van der Waals surface area (Å²) in [5.74, 6) is -1.38. The molecule has 0 aliphatic carbocycles. The zero-order valence-electron chi connectivity index (χ0n) is 30.2. The van der Waals surface area contributed by atoms with Gasteiger partial charge in [-0.05, 0) is 108 Å². The Morgan fingerprint density at radius 1 is 1.21 bits per heavy atom. The number of aryl methyl sites for hydroxylation is 1. The first kappa shape index (κ1) is 41.2. The van der Waals surface area contributed by atoms with Crippen molar-refractivity contribution in [1.29, 1.82) is 5.26 Å². The van der Waals surface area contributed by atoms with E-state index in [2.05, 4.69) is 29.2 Å². The van der Waals surface area contributed by atoms with E-state index in [1.54, 1.807) is 11.0 Å². The van der Waals surface area contributed by atoms with E-state index in [9.17, 15) is 14.4 Å². The molecular weight excluding hydrogens is 710 g/mol. The minimum absolute atomic E-state index is 0.0362. The standard InChI is InChI=1S/C26H27ClF2N6O2S.C5H11N.C3H7N.C3H6O/c1-37-26(33)34-23-13(2-3-14-4-5-15(8-9-30)35(14)12-36)10-18(27)21(22(23)29)16-6-7-19(28)24-20(16)17(11-31)25(32)38-24;1-6-4-2-3-5-6;1-3-2-4-3;1-2-4-3-1/h6-7,10,12,14-15H,2-5,8-9,30,32H2,1H3,(H2,33,34);2-5H2,1H3;3-4H,2H2,1H3;1-3H2/t14-,15+;;;/m1.../s1. The predicted octanol–water partition coefficient (Wildman–Crippen LogP) is 5.91. The number of nitrogens with one attached hydrogen (secondary N) is 1. The van der Waals surface area contributed by atoms with Gasteiger partial charge in [-0.15, -0.1) is 11.3 Å². The summed E-state index contributed by atoms with van der Waals surface area (Å²) in [5, 5.41) is 13.1. The fourth-order valence-corrected chi connectivity index (χ4v) is 7.54. The van der Waals surface area contributed by atoms with Crippen molar-refractivity contribution in [2.75, 3.05) is 59.3 Å². The Hall–Kier alpha value is -3.58. The van der Waals surface area contributed by atoms with Crippen LogP contribution in [0.3, 0.4) is 0 Å². The quantitative estimate of drug-likeness (QED) is 0.0940. The van der Waals surface area contributed by atoms with Crippen molar-refractivity contribution in [3.63, 3.8) is 0 Å². The number of aliphatic imine (C=N–C) groups is 1. The number of fused-ring (bicyclic) bond motifs is 1. The van der Waals surface area contributed by atoms with Crippen molar-refractivity contribution < 1.29 is 23.0 Å². The average molecular weight is 761 g/mol. The summed E-state index contributed by atoms with van der Waals surface area (Å²) in [6.45, 7) is 8.53. The van der Waals surface area contributed by atoms with Crippen LogP contribution in [0.25, 0.3) is 21.2 Å². The molecule has 0 radical (unpaired) electrons. The van der Waals surface area contributed by atoms with E-state index in [1.807, 2.05) is 6.07 Å². The number of nitrogens with two attached hydrogens (primary N) is 3. The summed E-state index contributed by atoms with van der Waals surface area (Å²) in [5.41, 5.74) is 18.0. The van der Waals surface area contributed by atoms with Gasteiger partial charge in [-0.3, -0.25) is 4.79 Å². The Labute approximate surface area is 314 Å². The molecule has 4 saturated heterocycles. The second kappa shape index (κ2) is 20.0. The molecule has 0 saturated carbocycles. The van der Waals surface area contributed by atoms with Gasteiger partial charge in [-0.25, -0.2) is 8.78 Å². The molecule has 1 aromatic heterocycles. The number of nitrogen functional groups attached to an aromatic ring is 1. The fraction of sp³-hybridized carbons (Fsp3) is 0.541. The van der Waals surface area contributed by atoms with Gasteiger partial charge in [0, 0.05) is 48.8 Å². The number of nitrogens with zero attached hydrogens (tertiary/aromatic N) is 4. The predicted molar refractivity (Wildman–Crippen MR) is 206 cm³/mol. The Bertz CT molecular complexity index is 1720. The smallest absolute Gasteiger partial charge is 0.287 e. The number of carbonyl (C=O) groups is 1. The Morgan fingerprint density at radius 2 is 1.83 bits per heavy atom. The lowest BCUT2D eigenvalue weighted by Crippen LogP contribution is -2.36. The molecule has 52 heavy (non-hydrogen) atoms. The van der Waals surface area contributed by atoms with E-state index >= 15 is 4.39 Å². The minimum Gasteiger partial charge on any atom is -0.469 e. The van der Waals surface area contributed by atoms with Crippen molar-refractivity contribution in [2.24, 2.45) is 16.5 Å². The van der Waals surface area contributed by atoms with Crippen LogP contribution < -0.4 is 22.5 Å². The minimum atomic E-state index is -0.797. The summed E-state index contributed by atoms with van der Waals surface area (Å²) in [7, 11) is 3.48. The number of nitriles is 1. The van der Waals surface area contributed by atoms with E-state index in [0.29, 0.717) is 31.4 Å². The zero-order chi connectivity index (χ0) is 37.8. The van der Waals surface area contributed by atoms with Gasteiger partial charge >= 0.3 is 0 Å². The maximum atomic E-state index is 16.3. The number of rotatable bonds is 8. The number of halogens is 3. The summed E-state index contributed by atoms with van der Waals surface area (Å²) in [6, 6.07) is 6.71. The van der Waals surface area contributed by atoms with Crippen molar-refractivity contribution >= 4 is 56.1 Å². The number of hydrogen-bond acceptors (Lipinski definition) is 10. The summed E-state index contributed by atoms with van der Waals surface area (Å²) < 4.78 is 40.7. The van der Waals surface area contributed by atoms with Gasteiger partial charge in [0.2, 0.25) is 6.41 Å². The van der Waals surface area contributed by atoms with Crippen molar-refractivity contribution in [1.82, 2.24) is 15.1 Å². The number of hydrogen-bond donors (Lipinski definition) is 4. The highest BCUT2D eigenvalue weighted by molar-refractivity contribution is 7.23. The molecule has 3 atom stereocenters. The van der Waals surface area contributed by atoms with Crippen LogP contribution in [0.5, 0.6) is 0 Å². The third-order valence-electron chi connectivity index (χ3n) is 9.47. The highest BCUT2D eigenvalue weighted by Crippen LogP contribution is 2.46. The van der Waals surface area contributed by atoms with Crippen molar-refractivity contribution in [2.45, 2.75) is 76.4 Å². The number of carbonyl (C=O) groups excluding carboxylic acids is 1. The van der Waals surface area contributed by atoms with Crippen LogP contribution in [0.1, 0.15) is 63.0 Å². The van der Waals surface area contributed by atoms with Crippen LogP contribution in [0.15, 0.2) is 23.2 Å². The number of thiophene rings is 1. The van der Waals surface area contributed by atoms with E-state index in [0.717, 1.165) is 49.8 Å². The molecule has 15 heteroatoms. The molecule has 4 fully saturated rings. The first-order chi connectivity index (χ1) is 25.0. The molecule has 4 aliphatic rings. The van der Waals surface area contributed by atoms with E-state index in [4.69, 9.17) is 38.3 Å². The van der Waals surface area contributed by atoms with Gasteiger partial charge < -0.3 is 41.8 Å². The molecule has 1 unspecified atom stereocenters. The number of ether oxygens (including phenoxy) is 2. The number of benzene rings is 2. The van der Waals surface area contributed by atoms with Gasteiger partial charge in [-0.2, -0.15) is 10.3 Å². The van der Waals surface area contributed by atoms with Crippen LogP contribution in [0, 0.1) is 23.0 Å². The molecule has 0 spiro atoms. The van der Waals surface area contributed by atoms with Gasteiger partial charge in [0.25, 0.3) is 6.02 Å². The number of anilines is 1. The first-order valence-electron chi connectivity index (χ1n) is 17.8. The van der Waals surface area contributed by atoms with Gasteiger partial charge in [0.1, 0.15) is 22.6 Å². The second-order valence-electron chi connectivity index (χ2n) is 13.3. The monoisotopic (exact) mass is 760 g/mol. The van der Waals surface area contributed by atoms with Crippen LogP contribution in [0.4, 0.5) is 19.5 Å². The summed E-state index contributed by atoms with van der Waals surface area (Å²) in [4.78, 5) is 20.1. The van der Waals surface area contributed by atoms with Crippen LogP contribution >= 0.6 is 22.9 Å². The van der Waals surface area contributed by atoms with Crippen molar-refractivity contribution in [3.8, 4) is 17.2 Å². The van der Waals surface area contributed by atoms with E-state index in [1.165, 1.54) is 58.1 Å².